The lowest BCUT2D eigenvalue weighted by Crippen LogP contribution is -2.31. The maximum Gasteiger partial charge on any atom is 0.328 e. The van der Waals surface area contributed by atoms with Crippen molar-refractivity contribution in [3.05, 3.63) is 50.8 Å². The maximum absolute atomic E-state index is 12.3. The van der Waals surface area contributed by atoms with Gasteiger partial charge in [-0.3, -0.25) is 24.4 Å². The number of aromatic nitrogens is 2. The summed E-state index contributed by atoms with van der Waals surface area (Å²) >= 11 is 0. The number of anilines is 1. The van der Waals surface area contributed by atoms with Gasteiger partial charge >= 0.3 is 11.7 Å². The molecule has 27 heavy (non-hydrogen) atoms. The van der Waals surface area contributed by atoms with E-state index in [9.17, 15) is 19.7 Å². The zero-order valence-electron chi connectivity index (χ0n) is 15.9. The van der Waals surface area contributed by atoms with Gasteiger partial charge in [-0.15, -0.1) is 0 Å². The van der Waals surface area contributed by atoms with Crippen molar-refractivity contribution in [1.82, 2.24) is 9.78 Å². The molecule has 144 valence electrons. The van der Waals surface area contributed by atoms with Crippen LogP contribution >= 0.6 is 0 Å². The lowest BCUT2D eigenvalue weighted by atomic mass is 10.1. The molecule has 9 heteroatoms. The Kier molecular flexibility index (Phi) is 5.94. The van der Waals surface area contributed by atoms with Gasteiger partial charge in [0.15, 0.2) is 6.10 Å². The van der Waals surface area contributed by atoms with E-state index in [1.165, 1.54) is 25.5 Å². The second-order valence-corrected chi connectivity index (χ2v) is 6.37. The first-order valence-corrected chi connectivity index (χ1v) is 8.36. The van der Waals surface area contributed by atoms with Crippen LogP contribution in [0.25, 0.3) is 0 Å². The molecule has 0 bridgehead atoms. The molecule has 1 aromatic heterocycles. The minimum Gasteiger partial charge on any atom is -0.451 e. The zero-order chi connectivity index (χ0) is 20.3. The lowest BCUT2D eigenvalue weighted by Gasteiger charge is -2.15. The molecule has 1 atom stereocenters. The average molecular weight is 374 g/mol. The number of esters is 1. The number of carbonyl (C=O) groups is 2. The van der Waals surface area contributed by atoms with Gasteiger partial charge in [-0.05, 0) is 51.8 Å². The highest BCUT2D eigenvalue weighted by Gasteiger charge is 2.24. The van der Waals surface area contributed by atoms with E-state index in [1.54, 1.807) is 0 Å². The summed E-state index contributed by atoms with van der Waals surface area (Å²) < 4.78 is 6.34. The average Bonchev–Trinajstić information content (AvgIpc) is 2.84. The molecule has 0 fully saturated rings. The third-order valence-corrected chi connectivity index (χ3v) is 4.13. The van der Waals surface area contributed by atoms with Crippen LogP contribution in [0, 0.1) is 37.8 Å². The number of nitro groups is 1. The summed E-state index contributed by atoms with van der Waals surface area (Å²) in [5.74, 6) is -1.17. The molecule has 0 spiro atoms. The molecule has 1 amide bonds. The number of aryl methyl sites for hydroxylation is 3. The molecule has 0 unspecified atom stereocenters. The van der Waals surface area contributed by atoms with Crippen LogP contribution in [0.5, 0.6) is 0 Å². The first-order valence-electron chi connectivity index (χ1n) is 8.36. The minimum absolute atomic E-state index is 0.136. The first kappa shape index (κ1) is 20.1. The standard InChI is InChI=1S/C18H22N4O5/c1-10-6-7-11(2)15(8-10)19-18(24)14(5)27-16(23)9-21-13(4)17(22(25)26)12(3)20-21/h6-8,14H,9H2,1-5H3,(H,19,24)/t14-/m1/s1. The number of rotatable bonds is 6. The zero-order valence-corrected chi connectivity index (χ0v) is 15.9. The second-order valence-electron chi connectivity index (χ2n) is 6.37. The highest BCUT2D eigenvalue weighted by molar-refractivity contribution is 5.95. The van der Waals surface area contributed by atoms with Gasteiger partial charge in [-0.25, -0.2) is 0 Å². The van der Waals surface area contributed by atoms with Crippen molar-refractivity contribution in [2.75, 3.05) is 5.32 Å². The monoisotopic (exact) mass is 374 g/mol. The molecule has 0 aliphatic heterocycles. The van der Waals surface area contributed by atoms with Crippen molar-refractivity contribution < 1.29 is 19.2 Å². The Bertz CT molecular complexity index is 903. The number of amides is 1. The van der Waals surface area contributed by atoms with Gasteiger partial charge in [0.05, 0.1) is 4.92 Å². The summed E-state index contributed by atoms with van der Waals surface area (Å²) in [5, 5.41) is 17.7. The number of carbonyl (C=O) groups excluding carboxylic acids is 2. The Hall–Kier alpha value is -3.23. The van der Waals surface area contributed by atoms with Gasteiger partial charge in [-0.2, -0.15) is 5.10 Å². The fraction of sp³-hybridized carbons (Fsp3) is 0.389. The Morgan fingerprint density at radius 3 is 2.56 bits per heavy atom. The van der Waals surface area contributed by atoms with E-state index < -0.39 is 22.9 Å². The van der Waals surface area contributed by atoms with Crippen LogP contribution in [0.2, 0.25) is 0 Å². The Morgan fingerprint density at radius 2 is 1.96 bits per heavy atom. The van der Waals surface area contributed by atoms with E-state index >= 15 is 0 Å². The van der Waals surface area contributed by atoms with Crippen LogP contribution in [0.15, 0.2) is 18.2 Å². The molecule has 1 aromatic carbocycles. The number of benzene rings is 1. The molecule has 9 nitrogen and oxygen atoms in total. The Labute approximate surface area is 156 Å². The van der Waals surface area contributed by atoms with Crippen LogP contribution in [0.4, 0.5) is 11.4 Å². The van der Waals surface area contributed by atoms with E-state index in [1.807, 2.05) is 32.0 Å². The van der Waals surface area contributed by atoms with Crippen LogP contribution < -0.4 is 5.32 Å². The smallest absolute Gasteiger partial charge is 0.328 e. The van der Waals surface area contributed by atoms with Crippen LogP contribution in [0.1, 0.15) is 29.4 Å². The fourth-order valence-corrected chi connectivity index (χ4v) is 2.62. The van der Waals surface area contributed by atoms with E-state index in [-0.39, 0.29) is 23.6 Å². The quantitative estimate of drug-likeness (QED) is 0.472. The Balaban J connectivity index is 2.01. The van der Waals surface area contributed by atoms with Crippen molar-refractivity contribution in [3.63, 3.8) is 0 Å². The number of nitrogens with one attached hydrogen (secondary N) is 1. The number of ether oxygens (including phenoxy) is 1. The highest BCUT2D eigenvalue weighted by atomic mass is 16.6. The first-order chi connectivity index (χ1) is 12.6. The Morgan fingerprint density at radius 1 is 1.30 bits per heavy atom. The summed E-state index contributed by atoms with van der Waals surface area (Å²) in [6, 6.07) is 5.65. The summed E-state index contributed by atoms with van der Waals surface area (Å²) in [7, 11) is 0. The molecular weight excluding hydrogens is 352 g/mol. The van der Waals surface area contributed by atoms with Crippen molar-refractivity contribution in [3.8, 4) is 0 Å². The molecule has 0 aliphatic rings. The van der Waals surface area contributed by atoms with Gasteiger partial charge in [0.2, 0.25) is 0 Å². The second kappa shape index (κ2) is 7.98. The van der Waals surface area contributed by atoms with Gasteiger partial charge in [0.1, 0.15) is 17.9 Å². The van der Waals surface area contributed by atoms with Crippen molar-refractivity contribution in [1.29, 1.82) is 0 Å². The highest BCUT2D eigenvalue weighted by Crippen LogP contribution is 2.22. The molecule has 1 N–H and O–H groups in total. The number of hydrogen-bond donors (Lipinski definition) is 1. The summed E-state index contributed by atoms with van der Waals surface area (Å²) in [5.41, 5.74) is 2.86. The summed E-state index contributed by atoms with van der Waals surface area (Å²) in [6.07, 6.45) is -1.02. The maximum atomic E-state index is 12.3. The summed E-state index contributed by atoms with van der Waals surface area (Å²) in [4.78, 5) is 34.9. The number of nitrogens with zero attached hydrogens (tertiary/aromatic N) is 3. The SMILES string of the molecule is Cc1ccc(C)c(NC(=O)[C@@H](C)OC(=O)Cn2nc(C)c([N+](=O)[O-])c2C)c1. The molecule has 0 saturated carbocycles. The molecule has 2 aromatic rings. The fourth-order valence-electron chi connectivity index (χ4n) is 2.62. The van der Waals surface area contributed by atoms with Crippen molar-refractivity contribution in [2.45, 2.75) is 47.3 Å². The minimum atomic E-state index is -1.02. The normalized spacial score (nSPS) is 11.7. The predicted octanol–water partition coefficient (Wildman–Crippen LogP) is 2.60. The van der Waals surface area contributed by atoms with Crippen LogP contribution in [-0.2, 0) is 20.9 Å². The molecule has 2 rings (SSSR count). The third-order valence-electron chi connectivity index (χ3n) is 4.13. The van der Waals surface area contributed by atoms with Crippen LogP contribution in [0.3, 0.4) is 0 Å². The van der Waals surface area contributed by atoms with E-state index in [2.05, 4.69) is 10.4 Å². The summed E-state index contributed by atoms with van der Waals surface area (Å²) in [6.45, 7) is 7.91. The number of hydrogen-bond acceptors (Lipinski definition) is 6. The molecule has 0 aliphatic carbocycles. The van der Waals surface area contributed by atoms with Gasteiger partial charge in [0, 0.05) is 5.69 Å². The predicted molar refractivity (Wildman–Crippen MR) is 98.5 cm³/mol. The molecule has 1 heterocycles. The van der Waals surface area contributed by atoms with Crippen molar-refractivity contribution >= 4 is 23.3 Å². The van der Waals surface area contributed by atoms with Gasteiger partial charge in [-0.1, -0.05) is 12.1 Å². The van der Waals surface area contributed by atoms with Gasteiger partial charge in [0.25, 0.3) is 5.91 Å². The topological polar surface area (TPSA) is 116 Å². The van der Waals surface area contributed by atoms with Gasteiger partial charge < -0.3 is 10.1 Å². The lowest BCUT2D eigenvalue weighted by molar-refractivity contribution is -0.386. The third kappa shape index (κ3) is 4.69. The van der Waals surface area contributed by atoms with E-state index in [4.69, 9.17) is 4.74 Å². The van der Waals surface area contributed by atoms with Crippen LogP contribution in [-0.4, -0.2) is 32.7 Å². The van der Waals surface area contributed by atoms with E-state index in [0.717, 1.165) is 11.1 Å². The molecule has 0 radical (unpaired) electrons. The van der Waals surface area contributed by atoms with Crippen molar-refractivity contribution in [2.24, 2.45) is 0 Å². The molecular formula is C18H22N4O5. The van der Waals surface area contributed by atoms with E-state index in [0.29, 0.717) is 5.69 Å². The largest absolute Gasteiger partial charge is 0.451 e. The molecule has 0 saturated heterocycles.